The van der Waals surface area contributed by atoms with E-state index < -0.39 is 11.6 Å². The number of aromatic amines is 1. The van der Waals surface area contributed by atoms with Crippen LogP contribution in [0, 0.1) is 11.6 Å². The Labute approximate surface area is 150 Å². The fraction of sp³-hybridized carbons (Fsp3) is 0.350. The Morgan fingerprint density at radius 2 is 1.92 bits per heavy atom. The summed E-state index contributed by atoms with van der Waals surface area (Å²) in [4.78, 5) is 5.46. The normalized spacial score (nSPS) is 16.8. The first-order chi connectivity index (χ1) is 12.6. The molecule has 0 radical (unpaired) electrons. The monoisotopic (exact) mass is 354 g/mol. The molecule has 1 aromatic carbocycles. The summed E-state index contributed by atoms with van der Waals surface area (Å²) in [6.45, 7) is 1.54. The molecule has 1 aliphatic heterocycles. The quantitative estimate of drug-likeness (QED) is 0.768. The minimum absolute atomic E-state index is 0.0160. The number of anilines is 1. The molecule has 0 atom stereocenters. The highest BCUT2D eigenvalue weighted by Crippen LogP contribution is 2.41. The number of nitrogens with zero attached hydrogens (tertiary/aromatic N) is 3. The molecule has 3 heterocycles. The zero-order chi connectivity index (χ0) is 17.8. The van der Waals surface area contributed by atoms with Crippen molar-refractivity contribution in [3.05, 3.63) is 58.9 Å². The molecule has 4 nitrogen and oxygen atoms in total. The van der Waals surface area contributed by atoms with E-state index >= 15 is 0 Å². The third kappa shape index (κ3) is 2.52. The van der Waals surface area contributed by atoms with Gasteiger partial charge in [0.25, 0.3) is 0 Å². The summed E-state index contributed by atoms with van der Waals surface area (Å²) in [7, 11) is 2.00. The molecule has 0 unspecified atom stereocenters. The van der Waals surface area contributed by atoms with Gasteiger partial charge in [0.05, 0.1) is 11.3 Å². The second kappa shape index (κ2) is 5.69. The lowest BCUT2D eigenvalue weighted by molar-refractivity contribution is 0.589. The number of halogens is 2. The second-order valence-corrected chi connectivity index (χ2v) is 7.28. The minimum Gasteiger partial charge on any atom is -0.358 e. The van der Waals surface area contributed by atoms with Gasteiger partial charge in [-0.25, -0.2) is 8.78 Å². The number of aryl methyl sites for hydroxylation is 1. The van der Waals surface area contributed by atoms with E-state index in [0.717, 1.165) is 30.0 Å². The summed E-state index contributed by atoms with van der Waals surface area (Å²) < 4.78 is 30.2. The highest BCUT2D eigenvalue weighted by Gasteiger charge is 2.29. The molecule has 134 valence electrons. The summed E-state index contributed by atoms with van der Waals surface area (Å²) in [5.41, 5.74) is 3.95. The summed E-state index contributed by atoms with van der Waals surface area (Å²) in [5, 5.41) is 4.67. The van der Waals surface area contributed by atoms with Crippen molar-refractivity contribution in [1.82, 2.24) is 14.8 Å². The summed E-state index contributed by atoms with van der Waals surface area (Å²) >= 11 is 0. The van der Waals surface area contributed by atoms with Crippen molar-refractivity contribution >= 4 is 5.82 Å². The molecule has 1 fully saturated rings. The number of H-pyrrole nitrogens is 1. The maximum Gasteiger partial charge on any atom is 0.151 e. The number of nitrogens with one attached hydrogen (secondary N) is 1. The van der Waals surface area contributed by atoms with Gasteiger partial charge >= 0.3 is 0 Å². The predicted molar refractivity (Wildman–Crippen MR) is 96.1 cm³/mol. The zero-order valence-corrected chi connectivity index (χ0v) is 14.6. The van der Waals surface area contributed by atoms with Crippen molar-refractivity contribution in [3.8, 4) is 11.3 Å². The van der Waals surface area contributed by atoms with E-state index in [-0.39, 0.29) is 5.56 Å². The van der Waals surface area contributed by atoms with Gasteiger partial charge in [-0.15, -0.1) is 0 Å². The van der Waals surface area contributed by atoms with Crippen LogP contribution in [0.5, 0.6) is 0 Å². The topological polar surface area (TPSA) is 36.9 Å². The van der Waals surface area contributed by atoms with Gasteiger partial charge in [-0.3, -0.25) is 4.68 Å². The largest absolute Gasteiger partial charge is 0.358 e. The smallest absolute Gasteiger partial charge is 0.151 e. The molecule has 0 spiro atoms. The molecule has 5 rings (SSSR count). The first-order valence-corrected chi connectivity index (χ1v) is 9.04. The minimum atomic E-state index is -0.542. The van der Waals surface area contributed by atoms with E-state index in [4.69, 9.17) is 0 Å². The standard InChI is InChI=1S/C20H20F2N4/c1-25-18(12-5-6-12)10-19(24-25)26-8-7-16-13(11-26)9-17(23-16)20-14(21)3-2-4-15(20)22/h2-4,9-10,12,23H,5-8,11H2,1H3. The number of hydrogen-bond acceptors (Lipinski definition) is 2. The summed E-state index contributed by atoms with van der Waals surface area (Å²) in [6.07, 6.45) is 3.30. The molecular formula is C20H20F2N4. The maximum absolute atomic E-state index is 14.1. The Bertz CT molecular complexity index is 964. The van der Waals surface area contributed by atoms with Crippen LogP contribution in [0.3, 0.4) is 0 Å². The first-order valence-electron chi connectivity index (χ1n) is 9.04. The fourth-order valence-corrected chi connectivity index (χ4v) is 3.90. The lowest BCUT2D eigenvalue weighted by Gasteiger charge is -2.26. The van der Waals surface area contributed by atoms with Gasteiger partial charge in [-0.05, 0) is 36.6 Å². The third-order valence-corrected chi connectivity index (χ3v) is 5.44. The molecule has 0 amide bonds. The fourth-order valence-electron chi connectivity index (χ4n) is 3.90. The van der Waals surface area contributed by atoms with Crippen LogP contribution in [0.2, 0.25) is 0 Å². The van der Waals surface area contributed by atoms with Gasteiger partial charge in [-0.1, -0.05) is 6.07 Å². The van der Waals surface area contributed by atoms with E-state index in [9.17, 15) is 8.78 Å². The van der Waals surface area contributed by atoms with E-state index in [2.05, 4.69) is 21.0 Å². The Kier molecular flexibility index (Phi) is 3.42. The molecule has 2 aliphatic rings. The lowest BCUT2D eigenvalue weighted by atomic mass is 10.1. The molecule has 1 saturated carbocycles. The average Bonchev–Trinajstić information content (AvgIpc) is 3.25. The molecule has 0 saturated heterocycles. The molecule has 6 heteroatoms. The van der Waals surface area contributed by atoms with Crippen LogP contribution in [0.15, 0.2) is 30.3 Å². The van der Waals surface area contributed by atoms with Crippen molar-refractivity contribution < 1.29 is 8.78 Å². The second-order valence-electron chi connectivity index (χ2n) is 7.28. The van der Waals surface area contributed by atoms with Gasteiger partial charge in [0.1, 0.15) is 11.6 Å². The number of hydrogen-bond donors (Lipinski definition) is 1. The van der Waals surface area contributed by atoms with Crippen molar-refractivity contribution in [2.45, 2.75) is 31.7 Å². The number of aromatic nitrogens is 3. The van der Waals surface area contributed by atoms with Gasteiger partial charge < -0.3 is 9.88 Å². The lowest BCUT2D eigenvalue weighted by Crippen LogP contribution is -2.30. The predicted octanol–water partition coefficient (Wildman–Crippen LogP) is 4.13. The molecule has 3 aromatic rings. The number of fused-ring (bicyclic) bond motifs is 1. The number of rotatable bonds is 3. The Morgan fingerprint density at radius 3 is 2.65 bits per heavy atom. The van der Waals surface area contributed by atoms with Crippen molar-refractivity contribution in [2.24, 2.45) is 7.05 Å². The number of benzene rings is 1. The van der Waals surface area contributed by atoms with Gasteiger partial charge in [0.2, 0.25) is 0 Å². The van der Waals surface area contributed by atoms with Crippen molar-refractivity contribution in [1.29, 1.82) is 0 Å². The Balaban J connectivity index is 1.45. The van der Waals surface area contributed by atoms with Gasteiger partial charge in [0, 0.05) is 49.9 Å². The average molecular weight is 354 g/mol. The first kappa shape index (κ1) is 15.6. The third-order valence-electron chi connectivity index (χ3n) is 5.44. The maximum atomic E-state index is 14.1. The van der Waals surface area contributed by atoms with Crippen LogP contribution in [0.4, 0.5) is 14.6 Å². The van der Waals surface area contributed by atoms with Gasteiger partial charge in [0.15, 0.2) is 5.82 Å². The van der Waals surface area contributed by atoms with Crippen LogP contribution in [-0.2, 0) is 20.0 Å². The SMILES string of the molecule is Cn1nc(N2CCc3[nH]c(-c4c(F)cccc4F)cc3C2)cc1C1CC1. The van der Waals surface area contributed by atoms with Crippen LogP contribution in [0.25, 0.3) is 11.3 Å². The highest BCUT2D eigenvalue weighted by molar-refractivity contribution is 5.64. The van der Waals surface area contributed by atoms with E-state index in [1.807, 2.05) is 17.8 Å². The molecule has 26 heavy (non-hydrogen) atoms. The van der Waals surface area contributed by atoms with E-state index in [1.54, 1.807) is 0 Å². The Hall–Kier alpha value is -2.63. The van der Waals surface area contributed by atoms with Crippen LogP contribution in [0.1, 0.15) is 35.7 Å². The van der Waals surface area contributed by atoms with E-state index in [1.165, 1.54) is 36.7 Å². The van der Waals surface area contributed by atoms with Crippen molar-refractivity contribution in [3.63, 3.8) is 0 Å². The highest BCUT2D eigenvalue weighted by atomic mass is 19.1. The van der Waals surface area contributed by atoms with E-state index in [0.29, 0.717) is 18.2 Å². The molecule has 1 N–H and O–H groups in total. The zero-order valence-electron chi connectivity index (χ0n) is 14.6. The summed E-state index contributed by atoms with van der Waals surface area (Å²) in [6, 6.07) is 8.02. The molecular weight excluding hydrogens is 334 g/mol. The van der Waals surface area contributed by atoms with Crippen LogP contribution < -0.4 is 4.90 Å². The molecule has 2 aromatic heterocycles. The van der Waals surface area contributed by atoms with Gasteiger partial charge in [-0.2, -0.15) is 5.10 Å². The van der Waals surface area contributed by atoms with Crippen LogP contribution in [-0.4, -0.2) is 21.3 Å². The molecule has 0 bridgehead atoms. The van der Waals surface area contributed by atoms with Crippen LogP contribution >= 0.6 is 0 Å². The summed E-state index contributed by atoms with van der Waals surface area (Å²) in [5.74, 6) is 0.558. The Morgan fingerprint density at radius 1 is 1.15 bits per heavy atom. The van der Waals surface area contributed by atoms with Crippen molar-refractivity contribution in [2.75, 3.05) is 11.4 Å². The molecule has 1 aliphatic carbocycles.